The zero-order valence-corrected chi connectivity index (χ0v) is 15.7. The molecule has 3 unspecified atom stereocenters. The van der Waals surface area contributed by atoms with E-state index < -0.39 is 5.97 Å². The molecule has 0 aromatic rings. The molecule has 3 atom stereocenters. The summed E-state index contributed by atoms with van der Waals surface area (Å²) in [5.41, 5.74) is 0. The number of rotatable bonds is 14. The standard InChI is InChI=1S/C22H32O4/c1-2-20-21(26-20)17-13-10-12-16-19(23)15-11-8-6-4-3-5-7-9-14-18-22(24)25/h3-9,11,14,18-21,23H,2,10,12-13,15-17H2,1H3,(H,24,25)/b5-3+,6-4+,9-7+,11-8+,18-14+. The molecule has 0 aromatic heterocycles. The predicted molar refractivity (Wildman–Crippen MR) is 106 cm³/mol. The second kappa shape index (κ2) is 14.3. The quantitative estimate of drug-likeness (QED) is 0.203. The first-order chi connectivity index (χ1) is 12.6. The van der Waals surface area contributed by atoms with Crippen molar-refractivity contribution in [1.29, 1.82) is 0 Å². The van der Waals surface area contributed by atoms with Crippen LogP contribution in [-0.4, -0.2) is 34.5 Å². The number of aliphatic carboxylic acids is 1. The number of aliphatic hydroxyl groups excluding tert-OH is 1. The number of carboxylic acids is 1. The Kier molecular flexibility index (Phi) is 12.2. The lowest BCUT2D eigenvalue weighted by molar-refractivity contribution is -0.131. The second-order valence-corrected chi connectivity index (χ2v) is 6.43. The number of allylic oxidation sites excluding steroid dienone is 8. The summed E-state index contributed by atoms with van der Waals surface area (Å²) in [6, 6.07) is 0. The van der Waals surface area contributed by atoms with Crippen LogP contribution in [0.2, 0.25) is 0 Å². The average Bonchev–Trinajstić information content (AvgIpc) is 3.37. The number of aliphatic hydroxyl groups is 1. The first-order valence-corrected chi connectivity index (χ1v) is 9.53. The predicted octanol–water partition coefficient (Wildman–Crippen LogP) is 4.73. The molecule has 2 N–H and O–H groups in total. The van der Waals surface area contributed by atoms with Crippen LogP contribution in [0.15, 0.2) is 60.8 Å². The van der Waals surface area contributed by atoms with Crippen molar-refractivity contribution in [1.82, 2.24) is 0 Å². The Hall–Kier alpha value is -1.91. The van der Waals surface area contributed by atoms with E-state index in [-0.39, 0.29) is 6.10 Å². The molecule has 0 aliphatic carbocycles. The summed E-state index contributed by atoms with van der Waals surface area (Å²) in [4.78, 5) is 10.2. The van der Waals surface area contributed by atoms with E-state index in [1.807, 2.05) is 36.5 Å². The number of ether oxygens (including phenoxy) is 1. The first kappa shape index (κ1) is 22.1. The minimum Gasteiger partial charge on any atom is -0.478 e. The van der Waals surface area contributed by atoms with Gasteiger partial charge in [0.25, 0.3) is 0 Å². The fourth-order valence-electron chi connectivity index (χ4n) is 2.65. The Bertz CT molecular complexity index is 528. The minimum atomic E-state index is -0.955. The van der Waals surface area contributed by atoms with Crippen molar-refractivity contribution in [3.63, 3.8) is 0 Å². The van der Waals surface area contributed by atoms with Gasteiger partial charge in [-0.2, -0.15) is 0 Å². The second-order valence-electron chi connectivity index (χ2n) is 6.43. The van der Waals surface area contributed by atoms with Crippen LogP contribution < -0.4 is 0 Å². The molecule has 0 radical (unpaired) electrons. The summed E-state index contributed by atoms with van der Waals surface area (Å²) < 4.78 is 5.52. The highest BCUT2D eigenvalue weighted by Gasteiger charge is 2.35. The number of carbonyl (C=O) groups is 1. The Labute approximate surface area is 157 Å². The lowest BCUT2D eigenvalue weighted by Crippen LogP contribution is -2.04. The third-order valence-corrected chi connectivity index (χ3v) is 4.18. The fourth-order valence-corrected chi connectivity index (χ4v) is 2.65. The lowest BCUT2D eigenvalue weighted by atomic mass is 10.0. The summed E-state index contributed by atoms with van der Waals surface area (Å²) in [6.45, 7) is 2.17. The summed E-state index contributed by atoms with van der Waals surface area (Å²) >= 11 is 0. The first-order valence-electron chi connectivity index (χ1n) is 9.53. The van der Waals surface area contributed by atoms with Gasteiger partial charge in [-0.3, -0.25) is 0 Å². The molecule has 0 bridgehead atoms. The zero-order chi connectivity index (χ0) is 19.0. The van der Waals surface area contributed by atoms with Crippen LogP contribution in [0.3, 0.4) is 0 Å². The van der Waals surface area contributed by atoms with Gasteiger partial charge < -0.3 is 14.9 Å². The molecular weight excluding hydrogens is 328 g/mol. The number of carboxylic acid groups (broad SMARTS) is 1. The molecule has 0 spiro atoms. The van der Waals surface area contributed by atoms with Crippen LogP contribution in [0.1, 0.15) is 51.9 Å². The zero-order valence-electron chi connectivity index (χ0n) is 15.7. The molecule has 0 amide bonds. The highest BCUT2D eigenvalue weighted by atomic mass is 16.6. The van der Waals surface area contributed by atoms with E-state index in [0.29, 0.717) is 18.6 Å². The van der Waals surface area contributed by atoms with Gasteiger partial charge >= 0.3 is 5.97 Å². The van der Waals surface area contributed by atoms with Gasteiger partial charge in [0.05, 0.1) is 18.3 Å². The van der Waals surface area contributed by atoms with Gasteiger partial charge in [-0.1, -0.05) is 80.9 Å². The van der Waals surface area contributed by atoms with Crippen LogP contribution in [0.5, 0.6) is 0 Å². The normalized spacial score (nSPS) is 21.8. The van der Waals surface area contributed by atoms with Crippen molar-refractivity contribution >= 4 is 5.97 Å². The largest absolute Gasteiger partial charge is 0.478 e. The van der Waals surface area contributed by atoms with Crippen LogP contribution in [-0.2, 0) is 9.53 Å². The molecule has 1 saturated heterocycles. The van der Waals surface area contributed by atoms with E-state index in [0.717, 1.165) is 38.2 Å². The van der Waals surface area contributed by atoms with E-state index >= 15 is 0 Å². The van der Waals surface area contributed by atoms with E-state index in [4.69, 9.17) is 9.84 Å². The number of unbranched alkanes of at least 4 members (excludes halogenated alkanes) is 2. The molecular formula is C22H32O4. The summed E-state index contributed by atoms with van der Waals surface area (Å²) in [7, 11) is 0. The maximum Gasteiger partial charge on any atom is 0.328 e. The van der Waals surface area contributed by atoms with E-state index in [2.05, 4.69) is 6.92 Å². The van der Waals surface area contributed by atoms with Crippen molar-refractivity contribution in [2.75, 3.05) is 0 Å². The van der Waals surface area contributed by atoms with Gasteiger partial charge in [0.1, 0.15) is 0 Å². The summed E-state index contributed by atoms with van der Waals surface area (Å²) in [6.07, 6.45) is 25.3. The third-order valence-electron chi connectivity index (χ3n) is 4.18. The van der Waals surface area contributed by atoms with Crippen molar-refractivity contribution < 1.29 is 19.7 Å². The van der Waals surface area contributed by atoms with Gasteiger partial charge in [-0.05, 0) is 25.7 Å². The van der Waals surface area contributed by atoms with E-state index in [1.165, 1.54) is 12.5 Å². The van der Waals surface area contributed by atoms with Crippen molar-refractivity contribution in [2.45, 2.75) is 70.2 Å². The molecule has 26 heavy (non-hydrogen) atoms. The van der Waals surface area contributed by atoms with Crippen LogP contribution in [0, 0.1) is 0 Å². The van der Waals surface area contributed by atoms with E-state index in [1.54, 1.807) is 12.2 Å². The van der Waals surface area contributed by atoms with Gasteiger partial charge in [-0.25, -0.2) is 4.79 Å². The minimum absolute atomic E-state index is 0.264. The maximum atomic E-state index is 10.2. The molecule has 1 rings (SSSR count). The molecule has 1 heterocycles. The average molecular weight is 360 g/mol. The van der Waals surface area contributed by atoms with E-state index in [9.17, 15) is 9.90 Å². The van der Waals surface area contributed by atoms with Crippen molar-refractivity contribution in [2.24, 2.45) is 0 Å². The van der Waals surface area contributed by atoms with Gasteiger partial charge in [0.15, 0.2) is 0 Å². The van der Waals surface area contributed by atoms with Crippen molar-refractivity contribution in [3.05, 3.63) is 60.8 Å². The Balaban J connectivity index is 1.98. The number of hydrogen-bond acceptors (Lipinski definition) is 3. The molecule has 0 aromatic carbocycles. The third kappa shape index (κ3) is 12.5. The molecule has 144 valence electrons. The molecule has 4 heteroatoms. The highest BCUT2D eigenvalue weighted by molar-refractivity contribution is 5.80. The number of epoxide rings is 1. The van der Waals surface area contributed by atoms with Crippen LogP contribution in [0.25, 0.3) is 0 Å². The Morgan fingerprint density at radius 3 is 2.23 bits per heavy atom. The van der Waals surface area contributed by atoms with Gasteiger partial charge in [0, 0.05) is 6.08 Å². The van der Waals surface area contributed by atoms with Crippen molar-refractivity contribution in [3.8, 4) is 0 Å². The lowest BCUT2D eigenvalue weighted by Gasteiger charge is -2.07. The Morgan fingerprint density at radius 1 is 0.962 bits per heavy atom. The monoisotopic (exact) mass is 360 g/mol. The van der Waals surface area contributed by atoms with Crippen LogP contribution >= 0.6 is 0 Å². The molecule has 4 nitrogen and oxygen atoms in total. The summed E-state index contributed by atoms with van der Waals surface area (Å²) in [5.74, 6) is -0.955. The molecule has 1 aliphatic heterocycles. The maximum absolute atomic E-state index is 10.2. The highest BCUT2D eigenvalue weighted by Crippen LogP contribution is 2.29. The SMILES string of the molecule is CCC1OC1CCCCCC(O)C/C=C/C=C/C=C/C=C/C=C/C(=O)O. The molecule has 0 saturated carbocycles. The van der Waals surface area contributed by atoms with Gasteiger partial charge in [-0.15, -0.1) is 0 Å². The smallest absolute Gasteiger partial charge is 0.328 e. The molecule has 1 aliphatic rings. The fraction of sp³-hybridized carbons (Fsp3) is 0.500. The summed E-state index contributed by atoms with van der Waals surface area (Å²) in [5, 5.41) is 18.3. The van der Waals surface area contributed by atoms with Crippen LogP contribution in [0.4, 0.5) is 0 Å². The molecule has 1 fully saturated rings. The number of hydrogen-bond donors (Lipinski definition) is 2. The topological polar surface area (TPSA) is 70.1 Å². The Morgan fingerprint density at radius 2 is 1.62 bits per heavy atom. The van der Waals surface area contributed by atoms with Gasteiger partial charge in [0.2, 0.25) is 0 Å².